The van der Waals surface area contributed by atoms with E-state index in [0.29, 0.717) is 43.2 Å². The molecule has 1 aliphatic heterocycles. The summed E-state index contributed by atoms with van der Waals surface area (Å²) in [6.45, 7) is 5.45. The van der Waals surface area contributed by atoms with Crippen molar-refractivity contribution in [3.05, 3.63) is 89.2 Å². The fraction of sp³-hybridized carbons (Fsp3) is 0.296. The molecule has 3 aromatic rings. The van der Waals surface area contributed by atoms with Gasteiger partial charge in [-0.2, -0.15) is 0 Å². The maximum absolute atomic E-state index is 13.9. The van der Waals surface area contributed by atoms with Gasteiger partial charge in [0.2, 0.25) is 0 Å². The summed E-state index contributed by atoms with van der Waals surface area (Å²) in [7, 11) is 0. The molecule has 6 nitrogen and oxygen atoms in total. The number of para-hydroxylation sites is 1. The molecule has 3 aromatic carbocycles. The molecule has 0 aliphatic carbocycles. The molecule has 0 amide bonds. The monoisotopic (exact) mass is 464 g/mol. The molecule has 7 heteroatoms. The number of hydrogen-bond acceptors (Lipinski definition) is 6. The van der Waals surface area contributed by atoms with Crippen molar-refractivity contribution in [3.8, 4) is 5.75 Å². The number of carbonyl (C=O) groups excluding carboxylic acids is 1. The Labute approximate surface area is 199 Å². The number of benzene rings is 3. The molecule has 1 N–H and O–H groups in total. The van der Waals surface area contributed by atoms with Crippen molar-refractivity contribution in [3.63, 3.8) is 0 Å². The topological polar surface area (TPSA) is 60.0 Å². The van der Waals surface area contributed by atoms with Crippen molar-refractivity contribution in [1.29, 1.82) is 0 Å². The minimum absolute atomic E-state index is 0.144. The minimum Gasteiger partial charge on any atom is -0.488 e. The van der Waals surface area contributed by atoms with Crippen LogP contribution >= 0.6 is 0 Å². The van der Waals surface area contributed by atoms with E-state index in [-0.39, 0.29) is 18.4 Å². The van der Waals surface area contributed by atoms with Gasteiger partial charge in [0.1, 0.15) is 18.2 Å². The van der Waals surface area contributed by atoms with E-state index >= 15 is 0 Å². The van der Waals surface area contributed by atoms with E-state index in [1.54, 1.807) is 25.1 Å². The number of nitrogens with one attached hydrogen (secondary N) is 1. The Bertz CT molecular complexity index is 1120. The highest BCUT2D eigenvalue weighted by molar-refractivity contribution is 5.97. The van der Waals surface area contributed by atoms with Crippen LogP contribution in [-0.4, -0.2) is 38.9 Å². The summed E-state index contributed by atoms with van der Waals surface area (Å²) in [5.74, 6) is 0.0417. The summed E-state index contributed by atoms with van der Waals surface area (Å²) in [6.07, 6.45) is 0. The van der Waals surface area contributed by atoms with E-state index in [1.165, 1.54) is 6.07 Å². The van der Waals surface area contributed by atoms with Crippen LogP contribution in [0.5, 0.6) is 5.75 Å². The number of nitrogens with zero attached hydrogens (tertiary/aromatic N) is 1. The fourth-order valence-corrected chi connectivity index (χ4v) is 3.86. The summed E-state index contributed by atoms with van der Waals surface area (Å²) in [6, 6.07) is 19.9. The molecule has 4 rings (SSSR count). The van der Waals surface area contributed by atoms with Crippen LogP contribution in [0.4, 0.5) is 15.8 Å². The predicted octanol–water partition coefficient (Wildman–Crippen LogP) is 5.03. The molecule has 1 aliphatic rings. The summed E-state index contributed by atoms with van der Waals surface area (Å²) in [5, 5.41) is 3.37. The van der Waals surface area contributed by atoms with Gasteiger partial charge in [-0.05, 0) is 37.3 Å². The highest BCUT2D eigenvalue weighted by Gasteiger charge is 2.20. The van der Waals surface area contributed by atoms with Crippen molar-refractivity contribution >= 4 is 17.3 Å². The van der Waals surface area contributed by atoms with Gasteiger partial charge in [-0.1, -0.05) is 36.4 Å². The third kappa shape index (κ3) is 5.85. The Hall–Kier alpha value is -3.58. The summed E-state index contributed by atoms with van der Waals surface area (Å²) in [4.78, 5) is 14.8. The first-order valence-corrected chi connectivity index (χ1v) is 11.5. The van der Waals surface area contributed by atoms with E-state index < -0.39 is 0 Å². The number of halogens is 1. The molecule has 178 valence electrons. The zero-order valence-corrected chi connectivity index (χ0v) is 19.3. The van der Waals surface area contributed by atoms with Crippen LogP contribution in [0.3, 0.4) is 0 Å². The van der Waals surface area contributed by atoms with E-state index in [0.717, 1.165) is 30.0 Å². The number of esters is 1. The van der Waals surface area contributed by atoms with Gasteiger partial charge >= 0.3 is 5.97 Å². The smallest absolute Gasteiger partial charge is 0.340 e. The van der Waals surface area contributed by atoms with Gasteiger partial charge < -0.3 is 24.4 Å². The van der Waals surface area contributed by atoms with Crippen LogP contribution in [0, 0.1) is 5.82 Å². The first-order chi connectivity index (χ1) is 16.7. The Kier molecular flexibility index (Phi) is 7.99. The Balaban J connectivity index is 1.48. The number of hydrogen-bond donors (Lipinski definition) is 1. The minimum atomic E-state index is -0.346. The van der Waals surface area contributed by atoms with Crippen molar-refractivity contribution in [2.45, 2.75) is 20.1 Å². The number of anilines is 2. The fourth-order valence-electron chi connectivity index (χ4n) is 3.86. The SMILES string of the molecule is CCOC(=O)c1cc(NCc2ccccc2OCc2ccccc2F)ccc1N1CCOCC1. The van der Waals surface area contributed by atoms with Crippen LogP contribution in [-0.2, 0) is 22.6 Å². The number of rotatable bonds is 9. The second-order valence-corrected chi connectivity index (χ2v) is 7.89. The Morgan fingerprint density at radius 3 is 2.53 bits per heavy atom. The predicted molar refractivity (Wildman–Crippen MR) is 130 cm³/mol. The standard InChI is InChI=1S/C27H29FN2O4/c1-2-33-27(31)23-17-22(11-12-25(23)30-13-15-32-16-14-30)29-18-20-7-4-6-10-26(20)34-19-21-8-3-5-9-24(21)28/h3-12,17,29H,2,13-16,18-19H2,1H3. The van der Waals surface area contributed by atoms with Crippen LogP contribution in [0.25, 0.3) is 0 Å². The van der Waals surface area contributed by atoms with Gasteiger partial charge in [-0.3, -0.25) is 0 Å². The van der Waals surface area contributed by atoms with Gasteiger partial charge in [0.25, 0.3) is 0 Å². The first kappa shape index (κ1) is 23.6. The van der Waals surface area contributed by atoms with Gasteiger partial charge in [-0.25, -0.2) is 9.18 Å². The van der Waals surface area contributed by atoms with Crippen molar-refractivity contribution in [2.75, 3.05) is 43.1 Å². The van der Waals surface area contributed by atoms with E-state index in [4.69, 9.17) is 14.2 Å². The second kappa shape index (κ2) is 11.5. The lowest BCUT2D eigenvalue weighted by Gasteiger charge is -2.30. The maximum Gasteiger partial charge on any atom is 0.340 e. The number of ether oxygens (including phenoxy) is 3. The lowest BCUT2D eigenvalue weighted by atomic mass is 10.1. The lowest BCUT2D eigenvalue weighted by molar-refractivity contribution is 0.0526. The molecule has 34 heavy (non-hydrogen) atoms. The van der Waals surface area contributed by atoms with E-state index in [2.05, 4.69) is 10.2 Å². The van der Waals surface area contributed by atoms with Gasteiger partial charge in [0.05, 0.1) is 31.1 Å². The van der Waals surface area contributed by atoms with E-state index in [1.807, 2.05) is 42.5 Å². The highest BCUT2D eigenvalue weighted by atomic mass is 19.1. The van der Waals surface area contributed by atoms with Crippen LogP contribution < -0.4 is 15.0 Å². The molecule has 0 radical (unpaired) electrons. The van der Waals surface area contributed by atoms with Crippen LogP contribution in [0.2, 0.25) is 0 Å². The van der Waals surface area contributed by atoms with Crippen LogP contribution in [0.15, 0.2) is 66.7 Å². The summed E-state index contributed by atoms with van der Waals surface area (Å²) >= 11 is 0. The maximum atomic E-state index is 13.9. The molecule has 1 heterocycles. The molecule has 0 saturated carbocycles. The largest absolute Gasteiger partial charge is 0.488 e. The summed E-state index contributed by atoms with van der Waals surface area (Å²) < 4.78 is 30.6. The van der Waals surface area contributed by atoms with Crippen molar-refractivity contribution < 1.29 is 23.4 Å². The van der Waals surface area contributed by atoms with E-state index in [9.17, 15) is 9.18 Å². The zero-order valence-electron chi connectivity index (χ0n) is 19.3. The normalized spacial score (nSPS) is 13.4. The number of morpholine rings is 1. The molecular weight excluding hydrogens is 435 g/mol. The first-order valence-electron chi connectivity index (χ1n) is 11.5. The molecule has 0 aromatic heterocycles. The highest BCUT2D eigenvalue weighted by Crippen LogP contribution is 2.27. The molecule has 1 fully saturated rings. The summed E-state index contributed by atoms with van der Waals surface area (Å²) in [5.41, 5.74) is 3.60. The molecule has 0 bridgehead atoms. The number of carbonyl (C=O) groups is 1. The average Bonchev–Trinajstić information content (AvgIpc) is 2.88. The van der Waals surface area contributed by atoms with Gasteiger partial charge in [0.15, 0.2) is 0 Å². The Morgan fingerprint density at radius 1 is 1.03 bits per heavy atom. The van der Waals surface area contributed by atoms with Crippen molar-refractivity contribution in [2.24, 2.45) is 0 Å². The molecular formula is C27H29FN2O4. The van der Waals surface area contributed by atoms with Crippen LogP contribution in [0.1, 0.15) is 28.4 Å². The molecule has 1 saturated heterocycles. The third-order valence-electron chi connectivity index (χ3n) is 5.64. The average molecular weight is 465 g/mol. The second-order valence-electron chi connectivity index (χ2n) is 7.89. The van der Waals surface area contributed by atoms with Gasteiger partial charge in [-0.15, -0.1) is 0 Å². The quantitative estimate of drug-likeness (QED) is 0.448. The third-order valence-corrected chi connectivity index (χ3v) is 5.64. The molecule has 0 spiro atoms. The zero-order chi connectivity index (χ0) is 23.8. The molecule has 0 unspecified atom stereocenters. The van der Waals surface area contributed by atoms with Crippen molar-refractivity contribution in [1.82, 2.24) is 0 Å². The molecule has 0 atom stereocenters. The van der Waals surface area contributed by atoms with Gasteiger partial charge in [0, 0.05) is 36.4 Å². The Morgan fingerprint density at radius 2 is 1.76 bits per heavy atom. The lowest BCUT2D eigenvalue weighted by Crippen LogP contribution is -2.37.